The van der Waals surface area contributed by atoms with Gasteiger partial charge in [-0.2, -0.15) is 15.0 Å². The second-order valence-corrected chi connectivity index (χ2v) is 5.29. The topological polar surface area (TPSA) is 62.2 Å². The van der Waals surface area contributed by atoms with Gasteiger partial charge in [0.05, 0.1) is 0 Å². The number of carbonyl (C=O) groups is 1. The van der Waals surface area contributed by atoms with Gasteiger partial charge in [0.2, 0.25) is 22.4 Å². The summed E-state index contributed by atoms with van der Waals surface area (Å²) in [4.78, 5) is 27.4. The van der Waals surface area contributed by atoms with Crippen molar-refractivity contribution in [3.8, 4) is 0 Å². The van der Waals surface area contributed by atoms with Crippen LogP contribution in [0.25, 0.3) is 0 Å². The molecule has 98 valence electrons. The lowest BCUT2D eigenvalue weighted by Gasteiger charge is -2.44. The van der Waals surface area contributed by atoms with Crippen molar-refractivity contribution in [3.05, 3.63) is 10.6 Å². The predicted octanol–water partition coefficient (Wildman–Crippen LogP) is 1.24. The van der Waals surface area contributed by atoms with Crippen molar-refractivity contribution >= 4 is 35.1 Å². The van der Waals surface area contributed by atoms with Crippen LogP contribution in [0.3, 0.4) is 0 Å². The lowest BCUT2D eigenvalue weighted by Crippen LogP contribution is -2.62. The van der Waals surface area contributed by atoms with Crippen LogP contribution in [0.1, 0.15) is 13.8 Å². The van der Waals surface area contributed by atoms with Crippen molar-refractivity contribution in [3.63, 3.8) is 0 Å². The standard InChI is InChI=1S/C10H13Cl2N5O/c1-10(2)6(18)16(3)4-5-17(10)9-14-7(11)13-8(12)15-9/h4-5H2,1-3H3. The molecular formula is C10H13Cl2N5O. The van der Waals surface area contributed by atoms with E-state index in [-0.39, 0.29) is 16.5 Å². The number of nitrogens with zero attached hydrogens (tertiary/aromatic N) is 5. The lowest BCUT2D eigenvalue weighted by molar-refractivity contribution is -0.136. The van der Waals surface area contributed by atoms with Gasteiger partial charge in [0.15, 0.2) is 0 Å². The summed E-state index contributed by atoms with van der Waals surface area (Å²) in [6.07, 6.45) is 0. The molecular weight excluding hydrogens is 277 g/mol. The summed E-state index contributed by atoms with van der Waals surface area (Å²) in [5.41, 5.74) is -0.735. The van der Waals surface area contributed by atoms with Gasteiger partial charge in [-0.25, -0.2) is 0 Å². The first-order chi connectivity index (χ1) is 8.32. The normalized spacial score (nSPS) is 19.3. The Balaban J connectivity index is 2.41. The number of amides is 1. The monoisotopic (exact) mass is 289 g/mol. The first kappa shape index (κ1) is 13.3. The van der Waals surface area contributed by atoms with Gasteiger partial charge in [-0.05, 0) is 37.0 Å². The Morgan fingerprint density at radius 3 is 2.22 bits per heavy atom. The maximum Gasteiger partial charge on any atom is 0.247 e. The van der Waals surface area contributed by atoms with Gasteiger partial charge >= 0.3 is 0 Å². The molecule has 1 aliphatic heterocycles. The fourth-order valence-electron chi connectivity index (χ4n) is 2.00. The molecule has 0 N–H and O–H groups in total. The van der Waals surface area contributed by atoms with E-state index in [9.17, 15) is 4.79 Å². The zero-order chi connectivity index (χ0) is 13.5. The Morgan fingerprint density at radius 2 is 1.67 bits per heavy atom. The summed E-state index contributed by atoms with van der Waals surface area (Å²) in [6, 6.07) is 0. The number of carbonyl (C=O) groups excluding carboxylic acids is 1. The zero-order valence-corrected chi connectivity index (χ0v) is 11.8. The maximum atomic E-state index is 12.1. The molecule has 0 aromatic carbocycles. The highest BCUT2D eigenvalue weighted by Crippen LogP contribution is 2.26. The molecule has 1 aromatic heterocycles. The Labute approximate surface area is 115 Å². The van der Waals surface area contributed by atoms with Crippen LogP contribution < -0.4 is 4.90 Å². The molecule has 0 saturated carbocycles. The summed E-state index contributed by atoms with van der Waals surface area (Å²) < 4.78 is 0. The fourth-order valence-corrected chi connectivity index (χ4v) is 2.36. The third-order valence-corrected chi connectivity index (χ3v) is 3.35. The van der Waals surface area contributed by atoms with Crippen molar-refractivity contribution < 1.29 is 4.79 Å². The van der Waals surface area contributed by atoms with Crippen molar-refractivity contribution in [2.75, 3.05) is 25.0 Å². The number of likely N-dealkylation sites (N-methyl/N-ethyl adjacent to an activating group) is 1. The molecule has 18 heavy (non-hydrogen) atoms. The first-order valence-corrected chi connectivity index (χ1v) is 6.18. The maximum absolute atomic E-state index is 12.1. The highest BCUT2D eigenvalue weighted by atomic mass is 35.5. The molecule has 8 heteroatoms. The molecule has 0 spiro atoms. The van der Waals surface area contributed by atoms with Crippen molar-refractivity contribution in [2.24, 2.45) is 0 Å². The average Bonchev–Trinajstić information content (AvgIpc) is 2.24. The minimum absolute atomic E-state index is 0.00130. The molecule has 0 atom stereocenters. The summed E-state index contributed by atoms with van der Waals surface area (Å²) in [6.45, 7) is 4.85. The highest BCUT2D eigenvalue weighted by Gasteiger charge is 2.42. The Hall–Kier alpha value is -1.14. The second-order valence-electron chi connectivity index (χ2n) is 4.61. The lowest BCUT2D eigenvalue weighted by atomic mass is 9.98. The number of piperazine rings is 1. The van der Waals surface area contributed by atoms with E-state index in [1.807, 2.05) is 13.8 Å². The van der Waals surface area contributed by atoms with E-state index in [4.69, 9.17) is 23.2 Å². The van der Waals surface area contributed by atoms with Crippen LogP contribution in [0.2, 0.25) is 10.6 Å². The van der Waals surface area contributed by atoms with Crippen molar-refractivity contribution in [1.29, 1.82) is 0 Å². The van der Waals surface area contributed by atoms with E-state index in [0.29, 0.717) is 19.0 Å². The predicted molar refractivity (Wildman–Crippen MR) is 68.9 cm³/mol. The SMILES string of the molecule is CN1CCN(c2nc(Cl)nc(Cl)n2)C(C)(C)C1=O. The zero-order valence-electron chi connectivity index (χ0n) is 10.3. The molecule has 1 aromatic rings. The third-order valence-electron chi connectivity index (χ3n) is 3.01. The molecule has 2 heterocycles. The molecule has 0 bridgehead atoms. The first-order valence-electron chi connectivity index (χ1n) is 5.42. The van der Waals surface area contributed by atoms with E-state index in [1.165, 1.54) is 0 Å². The van der Waals surface area contributed by atoms with Crippen LogP contribution in [0.4, 0.5) is 5.95 Å². The number of aromatic nitrogens is 3. The van der Waals surface area contributed by atoms with Gasteiger partial charge in [-0.15, -0.1) is 0 Å². The number of anilines is 1. The van der Waals surface area contributed by atoms with Gasteiger partial charge in [-0.1, -0.05) is 0 Å². The van der Waals surface area contributed by atoms with Crippen molar-refractivity contribution in [1.82, 2.24) is 19.9 Å². The van der Waals surface area contributed by atoms with E-state index in [2.05, 4.69) is 15.0 Å². The average molecular weight is 290 g/mol. The van der Waals surface area contributed by atoms with E-state index in [0.717, 1.165) is 0 Å². The molecule has 6 nitrogen and oxygen atoms in total. The minimum atomic E-state index is -0.735. The summed E-state index contributed by atoms with van der Waals surface area (Å²) in [5, 5.41) is 0.0411. The third kappa shape index (κ3) is 2.22. The molecule has 1 saturated heterocycles. The van der Waals surface area contributed by atoms with Crippen LogP contribution in [0, 0.1) is 0 Å². The van der Waals surface area contributed by atoms with E-state index in [1.54, 1.807) is 16.8 Å². The van der Waals surface area contributed by atoms with E-state index >= 15 is 0 Å². The molecule has 0 unspecified atom stereocenters. The fraction of sp³-hybridized carbons (Fsp3) is 0.600. The minimum Gasteiger partial charge on any atom is -0.342 e. The second kappa shape index (κ2) is 4.51. The van der Waals surface area contributed by atoms with Gasteiger partial charge in [0.1, 0.15) is 5.54 Å². The molecule has 2 rings (SSSR count). The summed E-state index contributed by atoms with van der Waals surface area (Å²) >= 11 is 11.5. The van der Waals surface area contributed by atoms with E-state index < -0.39 is 5.54 Å². The number of halogens is 2. The molecule has 0 aliphatic carbocycles. The Bertz CT molecular complexity index is 473. The van der Waals surface area contributed by atoms with Gasteiger partial charge in [0, 0.05) is 20.1 Å². The van der Waals surface area contributed by atoms with Crippen LogP contribution >= 0.6 is 23.2 Å². The van der Waals surface area contributed by atoms with Gasteiger partial charge in [0.25, 0.3) is 0 Å². The Kier molecular flexibility index (Phi) is 3.33. The number of hydrogen-bond acceptors (Lipinski definition) is 5. The number of rotatable bonds is 1. The van der Waals surface area contributed by atoms with Crippen LogP contribution in [-0.4, -0.2) is 51.4 Å². The quantitative estimate of drug-likeness (QED) is 0.778. The molecule has 1 fully saturated rings. The van der Waals surface area contributed by atoms with Crippen LogP contribution in [0.5, 0.6) is 0 Å². The highest BCUT2D eigenvalue weighted by molar-refractivity contribution is 6.31. The molecule has 1 amide bonds. The molecule has 0 radical (unpaired) electrons. The summed E-state index contributed by atoms with van der Waals surface area (Å²) in [7, 11) is 1.77. The molecule has 1 aliphatic rings. The van der Waals surface area contributed by atoms with Crippen LogP contribution in [-0.2, 0) is 4.79 Å². The summed E-state index contributed by atoms with van der Waals surface area (Å²) in [5.74, 6) is 0.327. The Morgan fingerprint density at radius 1 is 1.11 bits per heavy atom. The smallest absolute Gasteiger partial charge is 0.247 e. The van der Waals surface area contributed by atoms with Gasteiger partial charge in [-0.3, -0.25) is 4.79 Å². The van der Waals surface area contributed by atoms with Crippen molar-refractivity contribution in [2.45, 2.75) is 19.4 Å². The number of hydrogen-bond donors (Lipinski definition) is 0. The van der Waals surface area contributed by atoms with Gasteiger partial charge < -0.3 is 9.80 Å². The largest absolute Gasteiger partial charge is 0.342 e. The van der Waals surface area contributed by atoms with Crippen LogP contribution in [0.15, 0.2) is 0 Å².